The molecule has 7 heteroatoms. The second-order valence-corrected chi connectivity index (χ2v) is 7.28. The quantitative estimate of drug-likeness (QED) is 0.435. The summed E-state index contributed by atoms with van der Waals surface area (Å²) in [6.07, 6.45) is 0. The maximum atomic E-state index is 13.1. The van der Waals surface area contributed by atoms with Crippen molar-refractivity contribution in [3.05, 3.63) is 70.0 Å². The Bertz CT molecular complexity index is 1050. The highest BCUT2D eigenvalue weighted by Crippen LogP contribution is 2.28. The minimum Gasteiger partial charge on any atom is -0.493 e. The van der Waals surface area contributed by atoms with Crippen LogP contribution in [0.2, 0.25) is 0 Å². The van der Waals surface area contributed by atoms with Gasteiger partial charge in [-0.2, -0.15) is 0 Å². The Kier molecular flexibility index (Phi) is 6.08. The number of ether oxygens (including phenoxy) is 2. The molecule has 0 aliphatic carbocycles. The second-order valence-electron chi connectivity index (χ2n) is 5.80. The van der Waals surface area contributed by atoms with E-state index in [1.807, 2.05) is 36.4 Å². The third-order valence-corrected chi connectivity index (χ3v) is 5.33. The number of benzene rings is 2. The monoisotopic (exact) mass is 402 g/mol. The highest BCUT2D eigenvalue weighted by molar-refractivity contribution is 7.99. The molecule has 2 aromatic carbocycles. The van der Waals surface area contributed by atoms with Crippen LogP contribution < -0.4 is 15.0 Å². The van der Waals surface area contributed by atoms with E-state index < -0.39 is 0 Å². The summed E-state index contributed by atoms with van der Waals surface area (Å²) in [6.45, 7) is 4.06. The molecule has 1 heterocycles. The Morgan fingerprint density at radius 2 is 1.93 bits per heavy atom. The van der Waals surface area contributed by atoms with E-state index in [0.29, 0.717) is 44.9 Å². The van der Waals surface area contributed by atoms with Crippen LogP contribution in [0.25, 0.3) is 10.9 Å². The summed E-state index contributed by atoms with van der Waals surface area (Å²) in [5.41, 5.74) is 1.46. The molecule has 0 aliphatic rings. The topological polar surface area (TPSA) is 53.4 Å². The molecule has 0 saturated carbocycles. The van der Waals surface area contributed by atoms with E-state index in [0.717, 1.165) is 5.56 Å². The van der Waals surface area contributed by atoms with Gasteiger partial charge in [0.05, 0.1) is 31.7 Å². The summed E-state index contributed by atoms with van der Waals surface area (Å²) in [7, 11) is 3.17. The average Bonchev–Trinajstić information content (AvgIpc) is 2.68. The standard InChI is InChI=1S/C20H19ClN2O3S/c1-13(21)12-27-20-22-16-7-5-4-6-15(16)19(24)23(20)11-14-8-9-17(25-2)18(10-14)26-3/h4-10H,1,11-12H2,2-3H3. The SMILES string of the molecule is C=C(Cl)CSc1nc2ccccc2c(=O)n1Cc1ccc(OC)c(OC)c1. The normalized spacial score (nSPS) is 10.8. The molecule has 0 amide bonds. The zero-order chi connectivity index (χ0) is 19.4. The van der Waals surface area contributed by atoms with E-state index in [4.69, 9.17) is 21.1 Å². The van der Waals surface area contributed by atoms with Crippen molar-refractivity contribution in [2.24, 2.45) is 0 Å². The molecular formula is C20H19ClN2O3S. The number of rotatable bonds is 7. The molecule has 0 fully saturated rings. The number of fused-ring (bicyclic) bond motifs is 1. The molecule has 5 nitrogen and oxygen atoms in total. The number of para-hydroxylation sites is 1. The number of halogens is 1. The third kappa shape index (κ3) is 4.28. The molecule has 0 bridgehead atoms. The van der Waals surface area contributed by atoms with E-state index in [9.17, 15) is 4.79 Å². The Morgan fingerprint density at radius 3 is 2.63 bits per heavy atom. The van der Waals surface area contributed by atoms with Crippen molar-refractivity contribution in [2.75, 3.05) is 20.0 Å². The van der Waals surface area contributed by atoms with Gasteiger partial charge in [-0.1, -0.05) is 48.1 Å². The predicted octanol–water partition coefficient (Wildman–Crippen LogP) is 4.31. The van der Waals surface area contributed by atoms with Crippen molar-refractivity contribution in [3.63, 3.8) is 0 Å². The lowest BCUT2D eigenvalue weighted by Gasteiger charge is -2.14. The maximum Gasteiger partial charge on any atom is 0.262 e. The molecule has 27 heavy (non-hydrogen) atoms. The van der Waals surface area contributed by atoms with E-state index in [2.05, 4.69) is 11.6 Å². The number of nitrogens with zero attached hydrogens (tertiary/aromatic N) is 2. The smallest absolute Gasteiger partial charge is 0.262 e. The summed E-state index contributed by atoms with van der Waals surface area (Å²) < 4.78 is 12.3. The first-order chi connectivity index (χ1) is 13.0. The molecule has 0 saturated heterocycles. The Morgan fingerprint density at radius 1 is 1.19 bits per heavy atom. The van der Waals surface area contributed by atoms with Crippen molar-refractivity contribution >= 4 is 34.3 Å². The number of hydrogen-bond donors (Lipinski definition) is 0. The lowest BCUT2D eigenvalue weighted by atomic mass is 10.2. The van der Waals surface area contributed by atoms with Gasteiger partial charge in [-0.25, -0.2) is 4.98 Å². The summed E-state index contributed by atoms with van der Waals surface area (Å²) in [5.74, 6) is 1.72. The molecule has 0 spiro atoms. The van der Waals surface area contributed by atoms with Crippen LogP contribution in [-0.4, -0.2) is 29.5 Å². The van der Waals surface area contributed by atoms with Gasteiger partial charge in [0.1, 0.15) is 0 Å². The Hall–Kier alpha value is -2.44. The number of hydrogen-bond acceptors (Lipinski definition) is 5. The van der Waals surface area contributed by atoms with Crippen molar-refractivity contribution in [1.29, 1.82) is 0 Å². The predicted molar refractivity (Wildman–Crippen MR) is 110 cm³/mol. The van der Waals surface area contributed by atoms with Crippen LogP contribution in [-0.2, 0) is 6.54 Å². The van der Waals surface area contributed by atoms with Gasteiger partial charge in [-0.05, 0) is 29.8 Å². The van der Waals surface area contributed by atoms with E-state index in [-0.39, 0.29) is 5.56 Å². The third-order valence-electron chi connectivity index (χ3n) is 3.97. The average molecular weight is 403 g/mol. The van der Waals surface area contributed by atoms with Crippen LogP contribution in [0.1, 0.15) is 5.56 Å². The van der Waals surface area contributed by atoms with E-state index >= 15 is 0 Å². The van der Waals surface area contributed by atoms with Gasteiger partial charge in [-0.3, -0.25) is 9.36 Å². The molecule has 0 unspecified atom stereocenters. The van der Waals surface area contributed by atoms with Crippen molar-refractivity contribution in [3.8, 4) is 11.5 Å². The number of thioether (sulfide) groups is 1. The van der Waals surface area contributed by atoms with Crippen LogP contribution in [0.5, 0.6) is 11.5 Å². The molecule has 3 rings (SSSR count). The molecule has 0 atom stereocenters. The minimum absolute atomic E-state index is 0.0990. The van der Waals surface area contributed by atoms with E-state index in [1.165, 1.54) is 11.8 Å². The fraction of sp³-hybridized carbons (Fsp3) is 0.200. The van der Waals surface area contributed by atoms with Gasteiger partial charge >= 0.3 is 0 Å². The highest BCUT2D eigenvalue weighted by Gasteiger charge is 2.13. The summed E-state index contributed by atoms with van der Waals surface area (Å²) in [6, 6.07) is 12.9. The van der Waals surface area contributed by atoms with Crippen LogP contribution >= 0.6 is 23.4 Å². The molecule has 1 aromatic heterocycles. The molecular weight excluding hydrogens is 384 g/mol. The number of aromatic nitrogens is 2. The fourth-order valence-corrected chi connectivity index (χ4v) is 3.62. The Labute approximate surface area is 166 Å². The second kappa shape index (κ2) is 8.50. The van der Waals surface area contributed by atoms with Crippen LogP contribution in [0.4, 0.5) is 0 Å². The zero-order valence-corrected chi connectivity index (χ0v) is 16.6. The Balaban J connectivity index is 2.08. The summed E-state index contributed by atoms with van der Waals surface area (Å²) in [4.78, 5) is 17.7. The maximum absolute atomic E-state index is 13.1. The molecule has 0 aliphatic heterocycles. The number of methoxy groups -OCH3 is 2. The van der Waals surface area contributed by atoms with Gasteiger partial charge in [0.2, 0.25) is 0 Å². The largest absolute Gasteiger partial charge is 0.493 e. The fourth-order valence-electron chi connectivity index (χ4n) is 2.70. The molecule has 3 aromatic rings. The molecule has 0 radical (unpaired) electrons. The van der Waals surface area contributed by atoms with Crippen LogP contribution in [0.15, 0.2) is 64.0 Å². The summed E-state index contributed by atoms with van der Waals surface area (Å²) in [5, 5.41) is 1.67. The molecule has 0 N–H and O–H groups in total. The lowest BCUT2D eigenvalue weighted by Crippen LogP contribution is -2.24. The lowest BCUT2D eigenvalue weighted by molar-refractivity contribution is 0.354. The molecule has 140 valence electrons. The van der Waals surface area contributed by atoms with Gasteiger partial charge in [0.25, 0.3) is 5.56 Å². The van der Waals surface area contributed by atoms with Crippen molar-refractivity contribution in [1.82, 2.24) is 9.55 Å². The minimum atomic E-state index is -0.0990. The van der Waals surface area contributed by atoms with Crippen molar-refractivity contribution in [2.45, 2.75) is 11.7 Å². The summed E-state index contributed by atoms with van der Waals surface area (Å²) >= 11 is 7.30. The first-order valence-corrected chi connectivity index (χ1v) is 9.56. The first kappa shape index (κ1) is 19.3. The first-order valence-electron chi connectivity index (χ1n) is 8.20. The van der Waals surface area contributed by atoms with Crippen molar-refractivity contribution < 1.29 is 9.47 Å². The van der Waals surface area contributed by atoms with Crippen LogP contribution in [0.3, 0.4) is 0 Å². The van der Waals surface area contributed by atoms with E-state index in [1.54, 1.807) is 24.9 Å². The van der Waals surface area contributed by atoms with Gasteiger partial charge < -0.3 is 9.47 Å². The van der Waals surface area contributed by atoms with Gasteiger partial charge in [0.15, 0.2) is 16.7 Å². The highest BCUT2D eigenvalue weighted by atomic mass is 35.5. The van der Waals surface area contributed by atoms with Crippen LogP contribution in [0, 0.1) is 0 Å². The van der Waals surface area contributed by atoms with Gasteiger partial charge in [-0.15, -0.1) is 0 Å². The van der Waals surface area contributed by atoms with Gasteiger partial charge in [0, 0.05) is 10.8 Å². The zero-order valence-electron chi connectivity index (χ0n) is 15.1.